The van der Waals surface area contributed by atoms with Gasteiger partial charge in [-0.2, -0.15) is 5.10 Å². The van der Waals surface area contributed by atoms with Gasteiger partial charge in [0.15, 0.2) is 5.96 Å². The normalized spacial score (nSPS) is 17.1. The van der Waals surface area contributed by atoms with Crippen LogP contribution in [0, 0.1) is 0 Å². The summed E-state index contributed by atoms with van der Waals surface area (Å²) in [6.07, 6.45) is 4.88. The number of methoxy groups -OCH3 is 2. The number of aryl methyl sites for hydroxylation is 1. The van der Waals surface area contributed by atoms with E-state index in [2.05, 4.69) is 25.6 Å². The Hall–Kier alpha value is -2.90. The molecule has 1 fully saturated rings. The van der Waals surface area contributed by atoms with E-state index < -0.39 is 0 Å². The van der Waals surface area contributed by atoms with Crippen LogP contribution in [0.1, 0.15) is 12.0 Å². The van der Waals surface area contributed by atoms with Crippen molar-refractivity contribution >= 4 is 11.6 Å². The molecular formula is C19H28N6O2. The van der Waals surface area contributed by atoms with Crippen LogP contribution in [0.15, 0.2) is 35.6 Å². The van der Waals surface area contributed by atoms with Crippen LogP contribution in [0.5, 0.6) is 11.5 Å². The number of hydrogen-bond acceptors (Lipinski definition) is 5. The Morgan fingerprint density at radius 1 is 1.26 bits per heavy atom. The Labute approximate surface area is 160 Å². The number of guanidine groups is 1. The molecule has 0 amide bonds. The largest absolute Gasteiger partial charge is 0.497 e. The van der Waals surface area contributed by atoms with Crippen LogP contribution in [-0.4, -0.2) is 56.1 Å². The molecule has 0 aliphatic carbocycles. The van der Waals surface area contributed by atoms with Gasteiger partial charge in [0.25, 0.3) is 0 Å². The molecule has 1 atom stereocenters. The number of aromatic nitrogens is 2. The molecule has 1 aromatic carbocycles. The van der Waals surface area contributed by atoms with Gasteiger partial charge in [0.1, 0.15) is 11.5 Å². The standard InChI is InChI=1S/C19H28N6O2/c1-20-19(21-10-14-11-22-24(2)12-14)23-15-5-6-25(13-15)16-7-17(26-3)9-18(8-16)27-4/h7-9,11-12,15H,5-6,10,13H2,1-4H3,(H2,20,21,23). The molecule has 0 saturated carbocycles. The van der Waals surface area contributed by atoms with Crippen molar-refractivity contribution in [2.45, 2.75) is 19.0 Å². The summed E-state index contributed by atoms with van der Waals surface area (Å²) < 4.78 is 12.6. The lowest BCUT2D eigenvalue weighted by atomic mass is 10.2. The van der Waals surface area contributed by atoms with Crippen molar-refractivity contribution in [3.8, 4) is 11.5 Å². The summed E-state index contributed by atoms with van der Waals surface area (Å²) in [5.74, 6) is 2.40. The van der Waals surface area contributed by atoms with Crippen molar-refractivity contribution in [3.05, 3.63) is 36.2 Å². The number of benzene rings is 1. The maximum absolute atomic E-state index is 5.38. The molecule has 146 valence electrons. The highest BCUT2D eigenvalue weighted by Gasteiger charge is 2.24. The molecule has 1 aliphatic rings. The second kappa shape index (κ2) is 8.66. The van der Waals surface area contributed by atoms with Crippen LogP contribution in [0.3, 0.4) is 0 Å². The van der Waals surface area contributed by atoms with E-state index >= 15 is 0 Å². The minimum atomic E-state index is 0.322. The summed E-state index contributed by atoms with van der Waals surface area (Å²) in [5.41, 5.74) is 2.23. The first-order valence-electron chi connectivity index (χ1n) is 9.04. The fourth-order valence-corrected chi connectivity index (χ4v) is 3.22. The smallest absolute Gasteiger partial charge is 0.191 e. The molecule has 2 N–H and O–H groups in total. The molecule has 1 aromatic heterocycles. The van der Waals surface area contributed by atoms with E-state index in [-0.39, 0.29) is 0 Å². The minimum Gasteiger partial charge on any atom is -0.497 e. The van der Waals surface area contributed by atoms with E-state index in [4.69, 9.17) is 9.47 Å². The van der Waals surface area contributed by atoms with Crippen LogP contribution in [0.25, 0.3) is 0 Å². The second-order valence-corrected chi connectivity index (χ2v) is 6.59. The van der Waals surface area contributed by atoms with Gasteiger partial charge in [0.05, 0.1) is 20.4 Å². The molecule has 8 heteroatoms. The Kier molecular flexibility index (Phi) is 6.05. The Morgan fingerprint density at radius 3 is 2.59 bits per heavy atom. The Bertz CT molecular complexity index is 766. The van der Waals surface area contributed by atoms with E-state index in [9.17, 15) is 0 Å². The van der Waals surface area contributed by atoms with Crippen LogP contribution in [0.2, 0.25) is 0 Å². The number of aliphatic imine (C=N–C) groups is 1. The zero-order valence-corrected chi connectivity index (χ0v) is 16.4. The Balaban J connectivity index is 1.57. The van der Waals surface area contributed by atoms with Gasteiger partial charge in [0, 0.05) is 75.4 Å². The summed E-state index contributed by atoms with van der Waals surface area (Å²) in [5, 5.41) is 11.0. The quantitative estimate of drug-likeness (QED) is 0.589. The zero-order valence-electron chi connectivity index (χ0n) is 16.4. The van der Waals surface area contributed by atoms with Crippen molar-refractivity contribution in [1.29, 1.82) is 0 Å². The summed E-state index contributed by atoms with van der Waals surface area (Å²) in [7, 11) is 7.05. The monoisotopic (exact) mass is 372 g/mol. The van der Waals surface area contributed by atoms with E-state index in [0.29, 0.717) is 12.6 Å². The molecule has 0 bridgehead atoms. The predicted octanol–water partition coefficient (Wildman–Crippen LogP) is 1.38. The number of hydrogen-bond donors (Lipinski definition) is 2. The average Bonchev–Trinajstić information content (AvgIpc) is 3.33. The topological polar surface area (TPSA) is 75.9 Å². The summed E-state index contributed by atoms with van der Waals surface area (Å²) in [4.78, 5) is 6.67. The van der Waals surface area contributed by atoms with Gasteiger partial charge in [-0.3, -0.25) is 9.67 Å². The van der Waals surface area contributed by atoms with E-state index in [1.807, 2.05) is 37.6 Å². The van der Waals surface area contributed by atoms with E-state index in [0.717, 1.165) is 48.2 Å². The molecule has 1 saturated heterocycles. The molecule has 2 aromatic rings. The second-order valence-electron chi connectivity index (χ2n) is 6.59. The van der Waals surface area contributed by atoms with Crippen molar-refractivity contribution < 1.29 is 9.47 Å². The van der Waals surface area contributed by atoms with Gasteiger partial charge in [-0.05, 0) is 6.42 Å². The van der Waals surface area contributed by atoms with Gasteiger partial charge in [-0.1, -0.05) is 0 Å². The van der Waals surface area contributed by atoms with Gasteiger partial charge in [-0.25, -0.2) is 0 Å². The molecule has 2 heterocycles. The summed E-state index contributed by atoms with van der Waals surface area (Å²) in [6.45, 7) is 2.55. The highest BCUT2D eigenvalue weighted by molar-refractivity contribution is 5.80. The first-order valence-corrected chi connectivity index (χ1v) is 9.04. The SMILES string of the molecule is CN=C(NCc1cnn(C)c1)NC1CCN(c2cc(OC)cc(OC)c2)C1. The van der Waals surface area contributed by atoms with Crippen LogP contribution < -0.4 is 25.0 Å². The maximum Gasteiger partial charge on any atom is 0.191 e. The van der Waals surface area contributed by atoms with Crippen LogP contribution in [-0.2, 0) is 13.6 Å². The first kappa shape index (κ1) is 18.9. The molecule has 27 heavy (non-hydrogen) atoms. The minimum absolute atomic E-state index is 0.322. The maximum atomic E-state index is 5.38. The lowest BCUT2D eigenvalue weighted by Gasteiger charge is -2.21. The molecule has 1 aliphatic heterocycles. The molecular weight excluding hydrogens is 344 g/mol. The summed E-state index contributed by atoms with van der Waals surface area (Å²) in [6, 6.07) is 6.29. The third-order valence-electron chi connectivity index (χ3n) is 4.67. The van der Waals surface area contributed by atoms with E-state index in [1.54, 1.807) is 25.9 Å². The average molecular weight is 372 g/mol. The molecule has 0 spiro atoms. The first-order chi connectivity index (χ1) is 13.1. The third-order valence-corrected chi connectivity index (χ3v) is 4.67. The van der Waals surface area contributed by atoms with Gasteiger partial charge in [-0.15, -0.1) is 0 Å². The number of nitrogens with zero attached hydrogens (tertiary/aromatic N) is 4. The van der Waals surface area contributed by atoms with Gasteiger partial charge in [0.2, 0.25) is 0 Å². The molecule has 0 radical (unpaired) electrons. The van der Waals surface area contributed by atoms with Gasteiger partial charge < -0.3 is 25.0 Å². The van der Waals surface area contributed by atoms with Crippen LogP contribution >= 0.6 is 0 Å². The number of rotatable bonds is 6. The predicted molar refractivity (Wildman–Crippen MR) is 107 cm³/mol. The summed E-state index contributed by atoms with van der Waals surface area (Å²) >= 11 is 0. The third kappa shape index (κ3) is 4.84. The van der Waals surface area contributed by atoms with E-state index in [1.165, 1.54) is 0 Å². The van der Waals surface area contributed by atoms with Gasteiger partial charge >= 0.3 is 0 Å². The highest BCUT2D eigenvalue weighted by Crippen LogP contribution is 2.30. The lowest BCUT2D eigenvalue weighted by molar-refractivity contribution is 0.394. The lowest BCUT2D eigenvalue weighted by Crippen LogP contribution is -2.44. The molecule has 8 nitrogen and oxygen atoms in total. The number of ether oxygens (including phenoxy) is 2. The fraction of sp³-hybridized carbons (Fsp3) is 0.474. The zero-order chi connectivity index (χ0) is 19.2. The van der Waals surface area contributed by atoms with Crippen LogP contribution in [0.4, 0.5) is 5.69 Å². The number of nitrogens with one attached hydrogen (secondary N) is 2. The molecule has 3 rings (SSSR count). The van der Waals surface area contributed by atoms with Crippen molar-refractivity contribution in [2.75, 3.05) is 39.3 Å². The number of anilines is 1. The Morgan fingerprint density at radius 2 is 2.00 bits per heavy atom. The van der Waals surface area contributed by atoms with Crippen molar-refractivity contribution in [3.63, 3.8) is 0 Å². The molecule has 1 unspecified atom stereocenters. The highest BCUT2D eigenvalue weighted by atomic mass is 16.5. The van der Waals surface area contributed by atoms with Crippen molar-refractivity contribution in [2.24, 2.45) is 12.0 Å². The fourth-order valence-electron chi connectivity index (χ4n) is 3.22. The van der Waals surface area contributed by atoms with Crippen molar-refractivity contribution in [1.82, 2.24) is 20.4 Å².